The van der Waals surface area contributed by atoms with E-state index in [1.54, 1.807) is 0 Å². The summed E-state index contributed by atoms with van der Waals surface area (Å²) in [7, 11) is 1.53. The number of hydrogen-bond acceptors (Lipinski definition) is 5. The largest absolute Gasteiger partial charge is 0.396 e. The van der Waals surface area contributed by atoms with Crippen molar-refractivity contribution in [1.82, 2.24) is 19.1 Å². The van der Waals surface area contributed by atoms with Gasteiger partial charge in [0.25, 0.3) is 0 Å². The first-order valence-corrected chi connectivity index (χ1v) is 8.07. The Labute approximate surface area is 135 Å². The second-order valence-electron chi connectivity index (χ2n) is 5.03. The fourth-order valence-electron chi connectivity index (χ4n) is 2.35. The lowest BCUT2D eigenvalue weighted by atomic mass is 10.2. The van der Waals surface area contributed by atoms with Crippen LogP contribution in [0.2, 0.25) is 0 Å². The summed E-state index contributed by atoms with van der Waals surface area (Å²) in [6.45, 7) is 0.536. The second-order valence-corrected chi connectivity index (χ2v) is 6.09. The van der Waals surface area contributed by atoms with E-state index >= 15 is 0 Å². The molecule has 0 spiro atoms. The average molecular weight is 332 g/mol. The first-order valence-electron chi connectivity index (χ1n) is 7.09. The van der Waals surface area contributed by atoms with E-state index in [0.29, 0.717) is 28.7 Å². The van der Waals surface area contributed by atoms with Crippen molar-refractivity contribution in [3.05, 3.63) is 56.6 Å². The van der Waals surface area contributed by atoms with Crippen molar-refractivity contribution < 1.29 is 5.11 Å². The number of thioether (sulfide) groups is 1. The summed E-state index contributed by atoms with van der Waals surface area (Å²) in [6.07, 6.45) is 0. The summed E-state index contributed by atoms with van der Waals surface area (Å²) in [6, 6.07) is 9.77. The van der Waals surface area contributed by atoms with Crippen LogP contribution in [0.3, 0.4) is 0 Å². The monoisotopic (exact) mass is 332 g/mol. The van der Waals surface area contributed by atoms with Gasteiger partial charge in [0, 0.05) is 12.8 Å². The van der Waals surface area contributed by atoms with Gasteiger partial charge in [0.05, 0.1) is 13.2 Å². The molecule has 0 atom stereocenters. The van der Waals surface area contributed by atoms with Gasteiger partial charge in [0.2, 0.25) is 0 Å². The lowest BCUT2D eigenvalue weighted by molar-refractivity contribution is 0.322. The zero-order chi connectivity index (χ0) is 16.4. The Balaban J connectivity index is 2.19. The van der Waals surface area contributed by atoms with Crippen LogP contribution in [0.4, 0.5) is 0 Å². The lowest BCUT2D eigenvalue weighted by Gasteiger charge is -2.08. The van der Waals surface area contributed by atoms with Crippen molar-refractivity contribution in [2.45, 2.75) is 11.7 Å². The molecular formula is C15H16N4O3S. The molecule has 0 aliphatic rings. The van der Waals surface area contributed by atoms with Crippen LogP contribution >= 0.6 is 11.8 Å². The van der Waals surface area contributed by atoms with Crippen LogP contribution in [0.15, 0.2) is 45.1 Å². The van der Waals surface area contributed by atoms with Crippen LogP contribution in [0.1, 0.15) is 5.56 Å². The van der Waals surface area contributed by atoms with Gasteiger partial charge in [0.15, 0.2) is 16.5 Å². The molecule has 23 heavy (non-hydrogen) atoms. The molecule has 120 valence electrons. The molecule has 0 unspecified atom stereocenters. The molecule has 2 heterocycles. The number of rotatable bonds is 5. The molecule has 8 heteroatoms. The molecule has 3 rings (SSSR count). The highest BCUT2D eigenvalue weighted by Gasteiger charge is 2.16. The van der Waals surface area contributed by atoms with Gasteiger partial charge in [-0.3, -0.25) is 18.7 Å². The molecule has 1 aromatic carbocycles. The summed E-state index contributed by atoms with van der Waals surface area (Å²) < 4.78 is 3.10. The van der Waals surface area contributed by atoms with Gasteiger partial charge in [-0.2, -0.15) is 0 Å². The molecule has 0 saturated carbocycles. The van der Waals surface area contributed by atoms with E-state index in [2.05, 4.69) is 9.97 Å². The first-order chi connectivity index (χ1) is 11.1. The van der Waals surface area contributed by atoms with Gasteiger partial charge in [0.1, 0.15) is 0 Å². The number of aryl methyl sites for hydroxylation is 1. The van der Waals surface area contributed by atoms with Crippen LogP contribution in [-0.2, 0) is 13.6 Å². The van der Waals surface area contributed by atoms with E-state index in [9.17, 15) is 9.59 Å². The van der Waals surface area contributed by atoms with Crippen LogP contribution < -0.4 is 11.1 Å². The fourth-order valence-corrected chi connectivity index (χ4v) is 3.08. The maximum Gasteiger partial charge on any atom is 0.317 e. The van der Waals surface area contributed by atoms with E-state index in [-0.39, 0.29) is 6.61 Å². The molecule has 3 aromatic rings. The molecule has 0 bridgehead atoms. The number of aromatic nitrogens is 4. The third-order valence-corrected chi connectivity index (χ3v) is 4.43. The van der Waals surface area contributed by atoms with E-state index in [4.69, 9.17) is 5.11 Å². The SMILES string of the molecule is Cn1c(=O)c(=O)[nH]c2c1nc(SCCO)n2Cc1ccccc1. The number of H-pyrrole nitrogens is 1. The molecule has 7 nitrogen and oxygen atoms in total. The van der Waals surface area contributed by atoms with Crippen LogP contribution in [0.5, 0.6) is 0 Å². The molecule has 0 fully saturated rings. The number of fused-ring (bicyclic) bond motifs is 1. The van der Waals surface area contributed by atoms with Crippen LogP contribution in [0, 0.1) is 0 Å². The Bertz CT molecular complexity index is 943. The fraction of sp³-hybridized carbons (Fsp3) is 0.267. The highest BCUT2D eigenvalue weighted by Crippen LogP contribution is 2.22. The number of imidazole rings is 1. The summed E-state index contributed by atoms with van der Waals surface area (Å²) in [4.78, 5) is 30.7. The molecule has 0 aliphatic heterocycles. The Morgan fingerprint density at radius 1 is 1.26 bits per heavy atom. The normalized spacial score (nSPS) is 11.2. The van der Waals surface area contributed by atoms with Crippen molar-refractivity contribution in [2.24, 2.45) is 7.05 Å². The average Bonchev–Trinajstić information content (AvgIpc) is 2.90. The van der Waals surface area contributed by atoms with Crippen molar-refractivity contribution in [1.29, 1.82) is 0 Å². The molecule has 0 amide bonds. The van der Waals surface area contributed by atoms with Crippen molar-refractivity contribution >= 4 is 23.1 Å². The Morgan fingerprint density at radius 3 is 2.70 bits per heavy atom. The van der Waals surface area contributed by atoms with Crippen molar-refractivity contribution in [3.63, 3.8) is 0 Å². The number of aliphatic hydroxyl groups excluding tert-OH is 1. The summed E-state index contributed by atoms with van der Waals surface area (Å²) in [5.74, 6) is 0.482. The minimum absolute atomic E-state index is 0.0225. The molecule has 0 aliphatic carbocycles. The van der Waals surface area contributed by atoms with Gasteiger partial charge in [-0.05, 0) is 5.56 Å². The van der Waals surface area contributed by atoms with Gasteiger partial charge < -0.3 is 10.1 Å². The number of benzene rings is 1. The molecular weight excluding hydrogens is 316 g/mol. The van der Waals surface area contributed by atoms with Gasteiger partial charge in [-0.25, -0.2) is 4.98 Å². The minimum Gasteiger partial charge on any atom is -0.396 e. The standard InChI is InChI=1S/C15H16N4O3S/c1-18-11-12(16-13(21)14(18)22)19(15(17-11)23-8-7-20)9-10-5-3-2-4-6-10/h2-6,20H,7-9H2,1H3,(H,16,21). The van der Waals surface area contributed by atoms with E-state index in [1.807, 2.05) is 34.9 Å². The van der Waals surface area contributed by atoms with Gasteiger partial charge >= 0.3 is 11.1 Å². The molecule has 2 aromatic heterocycles. The maximum absolute atomic E-state index is 11.8. The second kappa shape index (κ2) is 6.43. The van der Waals surface area contributed by atoms with Crippen molar-refractivity contribution in [2.75, 3.05) is 12.4 Å². The van der Waals surface area contributed by atoms with Gasteiger partial charge in [-0.1, -0.05) is 42.1 Å². The van der Waals surface area contributed by atoms with E-state index in [0.717, 1.165) is 5.56 Å². The third kappa shape index (κ3) is 2.95. The quantitative estimate of drug-likeness (QED) is 0.526. The predicted molar refractivity (Wildman–Crippen MR) is 88.9 cm³/mol. The highest BCUT2D eigenvalue weighted by molar-refractivity contribution is 7.99. The highest BCUT2D eigenvalue weighted by atomic mass is 32.2. The predicted octanol–water partition coefficient (Wildman–Crippen LogP) is 0.556. The van der Waals surface area contributed by atoms with Crippen LogP contribution in [-0.4, -0.2) is 36.6 Å². The Kier molecular flexibility index (Phi) is 4.35. The minimum atomic E-state index is -0.673. The zero-order valence-electron chi connectivity index (χ0n) is 12.5. The topological polar surface area (TPSA) is 92.9 Å². The molecule has 2 N–H and O–H groups in total. The Hall–Kier alpha value is -2.32. The summed E-state index contributed by atoms with van der Waals surface area (Å²) >= 11 is 1.38. The van der Waals surface area contributed by atoms with E-state index in [1.165, 1.54) is 23.4 Å². The number of aromatic amines is 1. The molecule has 0 saturated heterocycles. The van der Waals surface area contributed by atoms with E-state index < -0.39 is 11.1 Å². The smallest absolute Gasteiger partial charge is 0.317 e. The number of aliphatic hydroxyl groups is 1. The third-order valence-electron chi connectivity index (χ3n) is 3.47. The lowest BCUT2D eigenvalue weighted by Crippen LogP contribution is -2.35. The Morgan fingerprint density at radius 2 is 2.00 bits per heavy atom. The van der Waals surface area contributed by atoms with Gasteiger partial charge in [-0.15, -0.1) is 0 Å². The summed E-state index contributed by atoms with van der Waals surface area (Å²) in [5.41, 5.74) is 0.660. The van der Waals surface area contributed by atoms with Crippen molar-refractivity contribution in [3.8, 4) is 0 Å². The summed E-state index contributed by atoms with van der Waals surface area (Å²) in [5, 5.41) is 9.70. The number of nitrogens with zero attached hydrogens (tertiary/aromatic N) is 3. The number of hydrogen-bond donors (Lipinski definition) is 2. The number of nitrogens with one attached hydrogen (secondary N) is 1. The molecule has 0 radical (unpaired) electrons. The van der Waals surface area contributed by atoms with Crippen LogP contribution in [0.25, 0.3) is 11.3 Å². The zero-order valence-corrected chi connectivity index (χ0v) is 13.3. The maximum atomic E-state index is 11.8. The first kappa shape index (κ1) is 15.6.